The van der Waals surface area contributed by atoms with E-state index in [0.717, 1.165) is 5.69 Å². The van der Waals surface area contributed by atoms with Crippen LogP contribution in [-0.4, -0.2) is 18.2 Å². The van der Waals surface area contributed by atoms with Gasteiger partial charge in [-0.1, -0.05) is 20.8 Å². The molecule has 1 rings (SSSR count). The van der Waals surface area contributed by atoms with E-state index in [1.54, 1.807) is 20.1 Å². The van der Waals surface area contributed by atoms with Gasteiger partial charge in [0.15, 0.2) is 0 Å². The van der Waals surface area contributed by atoms with Gasteiger partial charge in [-0.25, -0.2) is 4.98 Å². The molecule has 1 aromatic rings. The van der Waals surface area contributed by atoms with Gasteiger partial charge in [-0.3, -0.25) is 4.57 Å². The van der Waals surface area contributed by atoms with Crippen molar-refractivity contribution in [3.8, 4) is 0 Å². The predicted molar refractivity (Wildman–Crippen MR) is 69.8 cm³/mol. The lowest BCUT2D eigenvalue weighted by molar-refractivity contribution is 0.217. The van der Waals surface area contributed by atoms with Gasteiger partial charge in [0.05, 0.1) is 18.9 Å². The van der Waals surface area contributed by atoms with E-state index in [0.29, 0.717) is 19.1 Å². The summed E-state index contributed by atoms with van der Waals surface area (Å²) < 4.78 is 28.0. The number of nitrogens with zero attached hydrogens (tertiary/aromatic N) is 1. The molecule has 0 bridgehead atoms. The first-order valence-corrected chi connectivity index (χ1v) is 7.86. The van der Waals surface area contributed by atoms with Gasteiger partial charge >= 0.3 is 7.60 Å². The number of hydrogen-bond acceptors (Lipinski definition) is 5. The van der Waals surface area contributed by atoms with E-state index >= 15 is 0 Å². The van der Waals surface area contributed by atoms with E-state index < -0.39 is 7.60 Å². The van der Waals surface area contributed by atoms with E-state index in [-0.39, 0.29) is 11.6 Å². The normalized spacial score (nSPS) is 12.9. The molecule has 0 radical (unpaired) electrons. The monoisotopic (exact) mass is 275 g/mol. The molecule has 0 fully saturated rings. The van der Waals surface area contributed by atoms with Gasteiger partial charge in [-0.05, 0) is 13.8 Å². The lowest BCUT2D eigenvalue weighted by atomic mass is 9.93. The summed E-state index contributed by atoms with van der Waals surface area (Å²) in [5, 5.41) is 0. The van der Waals surface area contributed by atoms with E-state index in [1.165, 1.54) is 0 Å². The Bertz CT molecular complexity index is 412. The molecule has 0 unspecified atom stereocenters. The van der Waals surface area contributed by atoms with Crippen LogP contribution in [0.1, 0.15) is 46.2 Å². The second-order valence-electron chi connectivity index (χ2n) is 4.98. The fourth-order valence-electron chi connectivity index (χ4n) is 1.42. The molecule has 0 aliphatic rings. The first-order chi connectivity index (χ1) is 8.30. The van der Waals surface area contributed by atoms with E-state index in [9.17, 15) is 4.57 Å². The Labute approximate surface area is 108 Å². The first kappa shape index (κ1) is 15.4. The van der Waals surface area contributed by atoms with Crippen molar-refractivity contribution in [1.29, 1.82) is 0 Å². The first-order valence-electron chi connectivity index (χ1n) is 6.13. The summed E-state index contributed by atoms with van der Waals surface area (Å²) in [7, 11) is -3.14. The lowest BCUT2D eigenvalue weighted by Gasteiger charge is -2.15. The summed E-state index contributed by atoms with van der Waals surface area (Å²) in [6, 6.07) is 0. The van der Waals surface area contributed by atoms with Crippen LogP contribution in [0.25, 0.3) is 0 Å². The maximum absolute atomic E-state index is 12.3. The summed E-state index contributed by atoms with van der Waals surface area (Å²) in [4.78, 5) is 4.33. The molecular formula is C12H22NO4P. The highest BCUT2D eigenvalue weighted by molar-refractivity contribution is 7.52. The van der Waals surface area contributed by atoms with Crippen molar-refractivity contribution in [2.75, 3.05) is 13.2 Å². The Morgan fingerprint density at radius 1 is 1.28 bits per heavy atom. The maximum Gasteiger partial charge on any atom is 0.339 e. The van der Waals surface area contributed by atoms with E-state index in [4.69, 9.17) is 13.5 Å². The number of rotatable bonds is 6. The van der Waals surface area contributed by atoms with Crippen molar-refractivity contribution < 1.29 is 18.0 Å². The third kappa shape index (κ3) is 4.23. The van der Waals surface area contributed by atoms with Crippen LogP contribution >= 0.6 is 7.60 Å². The zero-order valence-corrected chi connectivity index (χ0v) is 12.6. The molecule has 6 heteroatoms. The molecule has 0 aliphatic heterocycles. The molecule has 0 amide bonds. The maximum atomic E-state index is 12.3. The van der Waals surface area contributed by atoms with Crippen LogP contribution in [0.15, 0.2) is 10.7 Å². The minimum atomic E-state index is -3.14. The van der Waals surface area contributed by atoms with Crippen molar-refractivity contribution >= 4 is 7.60 Å². The van der Waals surface area contributed by atoms with Gasteiger partial charge in [0.1, 0.15) is 12.4 Å². The minimum Gasteiger partial charge on any atom is -0.448 e. The highest BCUT2D eigenvalue weighted by atomic mass is 31.2. The SMILES string of the molecule is CCOP(=O)(Cc1nc(C(C)(C)C)co1)OCC. The average Bonchev–Trinajstić information content (AvgIpc) is 2.65. The summed E-state index contributed by atoms with van der Waals surface area (Å²) in [6.07, 6.45) is 1.67. The Balaban J connectivity index is 2.82. The average molecular weight is 275 g/mol. The van der Waals surface area contributed by atoms with Crippen LogP contribution < -0.4 is 0 Å². The highest BCUT2D eigenvalue weighted by Gasteiger charge is 2.28. The largest absolute Gasteiger partial charge is 0.448 e. The Morgan fingerprint density at radius 2 is 1.83 bits per heavy atom. The van der Waals surface area contributed by atoms with Crippen LogP contribution in [0.4, 0.5) is 0 Å². The molecule has 1 heterocycles. The smallest absolute Gasteiger partial charge is 0.339 e. The molecule has 0 spiro atoms. The van der Waals surface area contributed by atoms with E-state index in [2.05, 4.69) is 4.98 Å². The standard InChI is InChI=1S/C12H22NO4P/c1-6-16-18(14,17-7-2)9-11-13-10(8-15-11)12(3,4)5/h8H,6-7,9H2,1-5H3. The third-order valence-electron chi connectivity index (χ3n) is 2.30. The number of hydrogen-bond donors (Lipinski definition) is 0. The summed E-state index contributed by atoms with van der Waals surface area (Å²) in [6.45, 7) is 10.4. The second-order valence-corrected chi connectivity index (χ2v) is 7.04. The van der Waals surface area contributed by atoms with Gasteiger partial charge in [-0.2, -0.15) is 0 Å². The molecule has 0 aromatic carbocycles. The van der Waals surface area contributed by atoms with E-state index in [1.807, 2.05) is 20.8 Å². The molecule has 0 aliphatic carbocycles. The predicted octanol–water partition coefficient (Wildman–Crippen LogP) is 3.74. The van der Waals surface area contributed by atoms with Gasteiger partial charge < -0.3 is 13.5 Å². The van der Waals surface area contributed by atoms with Gasteiger partial charge in [0.2, 0.25) is 5.89 Å². The van der Waals surface area contributed by atoms with Crippen molar-refractivity contribution in [3.63, 3.8) is 0 Å². The molecule has 5 nitrogen and oxygen atoms in total. The van der Waals surface area contributed by atoms with Crippen molar-refractivity contribution in [2.45, 2.75) is 46.2 Å². The molecule has 104 valence electrons. The van der Waals surface area contributed by atoms with Crippen LogP contribution in [0, 0.1) is 0 Å². The van der Waals surface area contributed by atoms with Crippen molar-refractivity contribution in [3.05, 3.63) is 17.8 Å². The molecule has 0 atom stereocenters. The number of oxazole rings is 1. The zero-order chi connectivity index (χ0) is 13.8. The highest BCUT2D eigenvalue weighted by Crippen LogP contribution is 2.51. The lowest BCUT2D eigenvalue weighted by Crippen LogP contribution is -2.11. The Kier molecular flexibility index (Phi) is 5.14. The molecule has 0 N–H and O–H groups in total. The van der Waals surface area contributed by atoms with Crippen LogP contribution in [0.2, 0.25) is 0 Å². The Hall–Kier alpha value is -0.640. The van der Waals surface area contributed by atoms with Gasteiger partial charge in [-0.15, -0.1) is 0 Å². The minimum absolute atomic E-state index is 0.0742. The summed E-state index contributed by atoms with van der Waals surface area (Å²) >= 11 is 0. The summed E-state index contributed by atoms with van der Waals surface area (Å²) in [5.41, 5.74) is 0.736. The van der Waals surface area contributed by atoms with Crippen LogP contribution in [-0.2, 0) is 25.2 Å². The molecular weight excluding hydrogens is 253 g/mol. The molecule has 0 saturated heterocycles. The zero-order valence-electron chi connectivity index (χ0n) is 11.7. The van der Waals surface area contributed by atoms with Crippen LogP contribution in [0.3, 0.4) is 0 Å². The van der Waals surface area contributed by atoms with Crippen LogP contribution in [0.5, 0.6) is 0 Å². The second kappa shape index (κ2) is 6.00. The van der Waals surface area contributed by atoms with Crippen molar-refractivity contribution in [2.24, 2.45) is 0 Å². The molecule has 0 saturated carbocycles. The molecule has 18 heavy (non-hydrogen) atoms. The number of aromatic nitrogens is 1. The van der Waals surface area contributed by atoms with Gasteiger partial charge in [0.25, 0.3) is 0 Å². The molecule has 1 aromatic heterocycles. The Morgan fingerprint density at radius 3 is 2.22 bits per heavy atom. The third-order valence-corrected chi connectivity index (χ3v) is 4.26. The van der Waals surface area contributed by atoms with Gasteiger partial charge in [0, 0.05) is 5.41 Å². The quantitative estimate of drug-likeness (QED) is 0.740. The summed E-state index contributed by atoms with van der Waals surface area (Å²) in [5.74, 6) is 0.394. The fourth-order valence-corrected chi connectivity index (χ4v) is 2.94. The topological polar surface area (TPSA) is 61.6 Å². The fraction of sp³-hybridized carbons (Fsp3) is 0.750. The van der Waals surface area contributed by atoms with Crippen molar-refractivity contribution in [1.82, 2.24) is 4.98 Å².